The molecular weight excluding hydrogens is 140 g/mol. The summed E-state index contributed by atoms with van der Waals surface area (Å²) >= 11 is 0. The molecule has 0 aromatic rings. The lowest BCUT2D eigenvalue weighted by atomic mass is 9.96. The summed E-state index contributed by atoms with van der Waals surface area (Å²) in [5.41, 5.74) is 0. The zero-order chi connectivity index (χ0) is 8.69. The summed E-state index contributed by atoms with van der Waals surface area (Å²) in [6.07, 6.45) is 3.91. The van der Waals surface area contributed by atoms with Crippen molar-refractivity contribution in [2.45, 2.75) is 45.6 Å². The lowest BCUT2D eigenvalue weighted by Gasteiger charge is -2.15. The minimum absolute atomic E-state index is 0.139. The molecule has 0 aromatic carbocycles. The zero-order valence-corrected chi connectivity index (χ0v) is 7.42. The third-order valence-electron chi connectivity index (χ3n) is 1.88. The maximum absolute atomic E-state index is 10.5. The summed E-state index contributed by atoms with van der Waals surface area (Å²) in [4.78, 5) is 10.5. The smallest absolute Gasteiger partial charge is 0.125 e. The van der Waals surface area contributed by atoms with Gasteiger partial charge < -0.3 is 9.90 Å². The van der Waals surface area contributed by atoms with Gasteiger partial charge in [-0.2, -0.15) is 0 Å². The zero-order valence-electron chi connectivity index (χ0n) is 7.42. The summed E-state index contributed by atoms with van der Waals surface area (Å²) in [6.45, 7) is 4.03. The van der Waals surface area contributed by atoms with Crippen LogP contribution in [0.1, 0.15) is 39.5 Å². The van der Waals surface area contributed by atoms with E-state index in [4.69, 9.17) is 0 Å². The van der Waals surface area contributed by atoms with E-state index in [2.05, 4.69) is 0 Å². The molecule has 0 bridgehead atoms. The number of rotatable bonds is 6. The Kier molecular flexibility index (Phi) is 6.13. The molecule has 0 aliphatic rings. The van der Waals surface area contributed by atoms with E-state index in [-0.39, 0.29) is 5.92 Å². The summed E-state index contributed by atoms with van der Waals surface area (Å²) in [6, 6.07) is 0. The molecule has 11 heavy (non-hydrogen) atoms. The van der Waals surface area contributed by atoms with Gasteiger partial charge in [-0.15, -0.1) is 0 Å². The standard InChI is InChI=1S/C9H18O2/c1-3-5-8(7-10)9(11)6-4-2/h7-9,11H,3-6H2,1-2H3. The number of aliphatic hydroxyl groups excluding tert-OH is 1. The van der Waals surface area contributed by atoms with E-state index in [1.54, 1.807) is 0 Å². The van der Waals surface area contributed by atoms with E-state index in [1.807, 2.05) is 13.8 Å². The van der Waals surface area contributed by atoms with Crippen molar-refractivity contribution in [1.29, 1.82) is 0 Å². The van der Waals surface area contributed by atoms with Crippen LogP contribution in [0.4, 0.5) is 0 Å². The highest BCUT2D eigenvalue weighted by Crippen LogP contribution is 2.12. The van der Waals surface area contributed by atoms with Crippen LogP contribution in [0.15, 0.2) is 0 Å². The van der Waals surface area contributed by atoms with Gasteiger partial charge in [-0.3, -0.25) is 0 Å². The predicted octanol–water partition coefficient (Wildman–Crippen LogP) is 1.76. The molecule has 0 saturated heterocycles. The van der Waals surface area contributed by atoms with Crippen LogP contribution in [0.5, 0.6) is 0 Å². The normalized spacial score (nSPS) is 15.9. The lowest BCUT2D eigenvalue weighted by molar-refractivity contribution is -0.114. The van der Waals surface area contributed by atoms with Crippen molar-refractivity contribution >= 4 is 6.29 Å². The molecule has 2 nitrogen and oxygen atoms in total. The number of carbonyl (C=O) groups excluding carboxylic acids is 1. The van der Waals surface area contributed by atoms with E-state index in [9.17, 15) is 9.90 Å². The molecule has 0 aliphatic heterocycles. The summed E-state index contributed by atoms with van der Waals surface area (Å²) in [5, 5.41) is 9.41. The Hall–Kier alpha value is -0.370. The second-order valence-corrected chi connectivity index (χ2v) is 2.94. The fourth-order valence-corrected chi connectivity index (χ4v) is 1.19. The number of hydrogen-bond acceptors (Lipinski definition) is 2. The lowest BCUT2D eigenvalue weighted by Crippen LogP contribution is -2.21. The Morgan fingerprint density at radius 1 is 1.27 bits per heavy atom. The van der Waals surface area contributed by atoms with Crippen LogP contribution in [0, 0.1) is 5.92 Å². The maximum atomic E-state index is 10.5. The van der Waals surface area contributed by atoms with Crippen molar-refractivity contribution in [2.24, 2.45) is 5.92 Å². The van der Waals surface area contributed by atoms with Crippen molar-refractivity contribution in [3.63, 3.8) is 0 Å². The van der Waals surface area contributed by atoms with E-state index >= 15 is 0 Å². The molecule has 0 aliphatic carbocycles. The van der Waals surface area contributed by atoms with Gasteiger partial charge in [0.15, 0.2) is 0 Å². The minimum Gasteiger partial charge on any atom is -0.392 e. The molecule has 0 spiro atoms. The molecule has 2 atom stereocenters. The first-order valence-corrected chi connectivity index (χ1v) is 4.39. The molecular formula is C9H18O2. The first-order chi connectivity index (χ1) is 5.26. The molecule has 0 fully saturated rings. The Bertz CT molecular complexity index is 102. The van der Waals surface area contributed by atoms with E-state index < -0.39 is 6.10 Å². The topological polar surface area (TPSA) is 37.3 Å². The first-order valence-electron chi connectivity index (χ1n) is 4.39. The third-order valence-corrected chi connectivity index (χ3v) is 1.88. The van der Waals surface area contributed by atoms with E-state index in [1.165, 1.54) is 0 Å². The van der Waals surface area contributed by atoms with Crippen molar-refractivity contribution in [1.82, 2.24) is 0 Å². The van der Waals surface area contributed by atoms with Crippen LogP contribution in [-0.2, 0) is 4.79 Å². The van der Waals surface area contributed by atoms with E-state index in [0.29, 0.717) is 0 Å². The number of aldehydes is 1. The van der Waals surface area contributed by atoms with Crippen molar-refractivity contribution in [3.8, 4) is 0 Å². The highest BCUT2D eigenvalue weighted by atomic mass is 16.3. The fourth-order valence-electron chi connectivity index (χ4n) is 1.19. The van der Waals surface area contributed by atoms with Gasteiger partial charge in [-0.1, -0.05) is 26.7 Å². The Balaban J connectivity index is 3.70. The van der Waals surface area contributed by atoms with Gasteiger partial charge in [0, 0.05) is 5.92 Å². The molecule has 1 N–H and O–H groups in total. The Morgan fingerprint density at radius 2 is 1.82 bits per heavy atom. The van der Waals surface area contributed by atoms with Gasteiger partial charge in [-0.05, 0) is 12.8 Å². The van der Waals surface area contributed by atoms with Crippen LogP contribution < -0.4 is 0 Å². The fraction of sp³-hybridized carbons (Fsp3) is 0.889. The molecule has 0 radical (unpaired) electrons. The quantitative estimate of drug-likeness (QED) is 0.598. The molecule has 2 heteroatoms. The number of aliphatic hydroxyl groups is 1. The van der Waals surface area contributed by atoms with Crippen LogP contribution in [0.2, 0.25) is 0 Å². The Labute approximate surface area is 68.6 Å². The maximum Gasteiger partial charge on any atom is 0.125 e. The highest BCUT2D eigenvalue weighted by Gasteiger charge is 2.15. The monoisotopic (exact) mass is 158 g/mol. The summed E-state index contributed by atoms with van der Waals surface area (Å²) < 4.78 is 0. The van der Waals surface area contributed by atoms with Gasteiger partial charge in [0.1, 0.15) is 6.29 Å². The highest BCUT2D eigenvalue weighted by molar-refractivity contribution is 5.54. The SMILES string of the molecule is CCCC(O)C(C=O)CCC. The molecule has 2 unspecified atom stereocenters. The molecule has 0 saturated carbocycles. The Morgan fingerprint density at radius 3 is 2.18 bits per heavy atom. The third kappa shape index (κ3) is 4.14. The molecule has 0 aromatic heterocycles. The van der Waals surface area contributed by atoms with Crippen LogP contribution >= 0.6 is 0 Å². The summed E-state index contributed by atoms with van der Waals surface area (Å²) in [5.74, 6) is -0.139. The minimum atomic E-state index is -0.419. The van der Waals surface area contributed by atoms with Crippen LogP contribution in [0.3, 0.4) is 0 Å². The number of hydrogen-bond donors (Lipinski definition) is 1. The molecule has 66 valence electrons. The van der Waals surface area contributed by atoms with Crippen LogP contribution in [-0.4, -0.2) is 17.5 Å². The van der Waals surface area contributed by atoms with Gasteiger partial charge in [0.05, 0.1) is 6.10 Å². The second kappa shape index (κ2) is 6.35. The van der Waals surface area contributed by atoms with Crippen molar-refractivity contribution < 1.29 is 9.90 Å². The largest absolute Gasteiger partial charge is 0.392 e. The van der Waals surface area contributed by atoms with Crippen LogP contribution in [0.25, 0.3) is 0 Å². The van der Waals surface area contributed by atoms with Crippen molar-refractivity contribution in [2.75, 3.05) is 0 Å². The second-order valence-electron chi connectivity index (χ2n) is 2.94. The first kappa shape index (κ1) is 10.6. The summed E-state index contributed by atoms with van der Waals surface area (Å²) in [7, 11) is 0. The van der Waals surface area contributed by atoms with Gasteiger partial charge in [0.25, 0.3) is 0 Å². The molecule has 0 amide bonds. The average molecular weight is 158 g/mol. The van der Waals surface area contributed by atoms with Gasteiger partial charge >= 0.3 is 0 Å². The van der Waals surface area contributed by atoms with Gasteiger partial charge in [-0.25, -0.2) is 0 Å². The molecule has 0 rings (SSSR count). The van der Waals surface area contributed by atoms with Crippen molar-refractivity contribution in [3.05, 3.63) is 0 Å². The average Bonchev–Trinajstić information content (AvgIpc) is 2.00. The van der Waals surface area contributed by atoms with Gasteiger partial charge in [0.2, 0.25) is 0 Å². The molecule has 0 heterocycles. The van der Waals surface area contributed by atoms with E-state index in [0.717, 1.165) is 32.0 Å². The number of carbonyl (C=O) groups is 1. The predicted molar refractivity (Wildman–Crippen MR) is 45.4 cm³/mol.